The van der Waals surface area contributed by atoms with Gasteiger partial charge in [-0.1, -0.05) is 17.2 Å². The van der Waals surface area contributed by atoms with Gasteiger partial charge in [0, 0.05) is 18.7 Å². The van der Waals surface area contributed by atoms with Gasteiger partial charge < -0.3 is 10.6 Å². The summed E-state index contributed by atoms with van der Waals surface area (Å²) in [5.74, 6) is 0.623. The van der Waals surface area contributed by atoms with E-state index in [-0.39, 0.29) is 18.3 Å². The minimum atomic E-state index is 0. The number of rotatable bonds is 2. The largest absolute Gasteiger partial charge is 0.338 e. The minimum absolute atomic E-state index is 0. The van der Waals surface area contributed by atoms with Gasteiger partial charge in [0.1, 0.15) is 0 Å². The van der Waals surface area contributed by atoms with E-state index in [2.05, 4.69) is 6.07 Å². The van der Waals surface area contributed by atoms with Crippen LogP contribution in [0.25, 0.3) is 0 Å². The van der Waals surface area contributed by atoms with Gasteiger partial charge in [0.25, 0.3) is 5.91 Å². The number of likely N-dealkylation sites (tertiary alicyclic amines) is 1. The molecule has 1 aromatic carbocycles. The Bertz CT molecular complexity index is 414. The van der Waals surface area contributed by atoms with E-state index in [1.807, 2.05) is 30.9 Å². The molecule has 4 heteroatoms. The van der Waals surface area contributed by atoms with E-state index in [1.165, 1.54) is 0 Å². The predicted octanol–water partition coefficient (Wildman–Crippen LogP) is 2.15. The quantitative estimate of drug-likeness (QED) is 0.893. The second kappa shape index (κ2) is 6.21. The van der Waals surface area contributed by atoms with E-state index in [9.17, 15) is 4.79 Å². The zero-order valence-corrected chi connectivity index (χ0v) is 11.8. The zero-order valence-electron chi connectivity index (χ0n) is 11.0. The second-order valence-electron chi connectivity index (χ2n) is 5.02. The molecule has 1 aromatic rings. The van der Waals surface area contributed by atoms with Gasteiger partial charge in [0.05, 0.1) is 0 Å². The predicted molar refractivity (Wildman–Crippen MR) is 76.2 cm³/mol. The average Bonchev–Trinajstić information content (AvgIpc) is 2.75. The van der Waals surface area contributed by atoms with Gasteiger partial charge in [0.15, 0.2) is 0 Å². The fourth-order valence-electron chi connectivity index (χ4n) is 2.49. The highest BCUT2D eigenvalue weighted by Crippen LogP contribution is 2.19. The van der Waals surface area contributed by atoms with Crippen LogP contribution in [0.3, 0.4) is 0 Å². The Morgan fingerprint density at radius 3 is 2.44 bits per heavy atom. The van der Waals surface area contributed by atoms with Crippen LogP contribution >= 0.6 is 12.4 Å². The molecule has 0 aromatic heterocycles. The van der Waals surface area contributed by atoms with Crippen molar-refractivity contribution in [3.63, 3.8) is 0 Å². The SMILES string of the molecule is Cc1cc(C)cc(C(=O)N2CCC(CN)C2)c1.Cl. The molecule has 3 nitrogen and oxygen atoms in total. The lowest BCUT2D eigenvalue weighted by molar-refractivity contribution is 0.0787. The van der Waals surface area contributed by atoms with Crippen LogP contribution in [0.4, 0.5) is 0 Å². The second-order valence-corrected chi connectivity index (χ2v) is 5.02. The summed E-state index contributed by atoms with van der Waals surface area (Å²) in [5, 5.41) is 0. The highest BCUT2D eigenvalue weighted by atomic mass is 35.5. The number of nitrogens with zero attached hydrogens (tertiary/aromatic N) is 1. The number of aryl methyl sites for hydroxylation is 2. The normalized spacial score (nSPS) is 18.6. The standard InChI is InChI=1S/C14H20N2O.ClH/c1-10-5-11(2)7-13(6-10)14(17)16-4-3-12(8-15)9-16;/h5-7,12H,3-4,8-9,15H2,1-2H3;1H. The van der Waals surface area contributed by atoms with Crippen molar-refractivity contribution in [3.05, 3.63) is 34.9 Å². The van der Waals surface area contributed by atoms with Crippen molar-refractivity contribution >= 4 is 18.3 Å². The molecule has 1 aliphatic heterocycles. The van der Waals surface area contributed by atoms with Gasteiger partial charge in [-0.2, -0.15) is 0 Å². The molecule has 18 heavy (non-hydrogen) atoms. The number of nitrogens with two attached hydrogens (primary N) is 1. The van der Waals surface area contributed by atoms with Gasteiger partial charge >= 0.3 is 0 Å². The summed E-state index contributed by atoms with van der Waals surface area (Å²) in [6.07, 6.45) is 1.03. The number of hydrogen-bond donors (Lipinski definition) is 1. The molecule has 100 valence electrons. The van der Waals surface area contributed by atoms with E-state index in [0.717, 1.165) is 36.2 Å². The van der Waals surface area contributed by atoms with Crippen LogP contribution in [0, 0.1) is 19.8 Å². The fourth-order valence-corrected chi connectivity index (χ4v) is 2.49. The number of carbonyl (C=O) groups excluding carboxylic acids is 1. The summed E-state index contributed by atoms with van der Waals surface area (Å²) in [5.41, 5.74) is 8.73. The van der Waals surface area contributed by atoms with Crippen molar-refractivity contribution in [3.8, 4) is 0 Å². The van der Waals surface area contributed by atoms with Gasteiger partial charge in [0.2, 0.25) is 0 Å². The lowest BCUT2D eigenvalue weighted by Gasteiger charge is -2.17. The molecule has 0 bridgehead atoms. The maximum absolute atomic E-state index is 12.3. The van der Waals surface area contributed by atoms with Crippen LogP contribution in [0.1, 0.15) is 27.9 Å². The van der Waals surface area contributed by atoms with Crippen LogP contribution < -0.4 is 5.73 Å². The first-order valence-electron chi connectivity index (χ1n) is 6.18. The van der Waals surface area contributed by atoms with E-state index in [4.69, 9.17) is 5.73 Å². The average molecular weight is 269 g/mol. The highest BCUT2D eigenvalue weighted by molar-refractivity contribution is 5.94. The van der Waals surface area contributed by atoms with Crippen LogP contribution in [-0.2, 0) is 0 Å². The third-order valence-electron chi connectivity index (χ3n) is 3.38. The third-order valence-corrected chi connectivity index (χ3v) is 3.38. The number of halogens is 1. The maximum Gasteiger partial charge on any atom is 0.253 e. The molecule has 1 atom stereocenters. The molecule has 2 rings (SSSR count). The smallest absolute Gasteiger partial charge is 0.253 e. The van der Waals surface area contributed by atoms with Crippen molar-refractivity contribution in [1.29, 1.82) is 0 Å². The van der Waals surface area contributed by atoms with Crippen LogP contribution in [0.5, 0.6) is 0 Å². The van der Waals surface area contributed by atoms with Crippen molar-refractivity contribution in [2.45, 2.75) is 20.3 Å². The molecule has 1 fully saturated rings. The molecular formula is C14H21ClN2O. The van der Waals surface area contributed by atoms with Crippen LogP contribution in [-0.4, -0.2) is 30.4 Å². The maximum atomic E-state index is 12.3. The first-order chi connectivity index (χ1) is 8.10. The first kappa shape index (κ1) is 15.0. The van der Waals surface area contributed by atoms with E-state index in [0.29, 0.717) is 12.5 Å². The Morgan fingerprint density at radius 1 is 1.33 bits per heavy atom. The molecule has 1 aliphatic rings. The van der Waals surface area contributed by atoms with Gasteiger partial charge in [-0.15, -0.1) is 12.4 Å². The van der Waals surface area contributed by atoms with E-state index < -0.39 is 0 Å². The topological polar surface area (TPSA) is 46.3 Å². The number of amides is 1. The molecule has 1 unspecified atom stereocenters. The molecule has 1 amide bonds. The Kier molecular flexibility index (Phi) is 5.17. The van der Waals surface area contributed by atoms with Gasteiger partial charge in [-0.3, -0.25) is 4.79 Å². The molecule has 0 radical (unpaired) electrons. The number of hydrogen-bond acceptors (Lipinski definition) is 2. The van der Waals surface area contributed by atoms with Gasteiger partial charge in [-0.25, -0.2) is 0 Å². The van der Waals surface area contributed by atoms with Crippen LogP contribution in [0.2, 0.25) is 0 Å². The van der Waals surface area contributed by atoms with Crippen molar-refractivity contribution in [1.82, 2.24) is 4.90 Å². The minimum Gasteiger partial charge on any atom is -0.338 e. The Morgan fingerprint density at radius 2 is 1.94 bits per heavy atom. The Balaban J connectivity index is 0.00000162. The van der Waals surface area contributed by atoms with Gasteiger partial charge in [-0.05, 0) is 44.9 Å². The van der Waals surface area contributed by atoms with E-state index in [1.54, 1.807) is 0 Å². The Hall–Kier alpha value is -1.06. The highest BCUT2D eigenvalue weighted by Gasteiger charge is 2.25. The summed E-state index contributed by atoms with van der Waals surface area (Å²) in [6.45, 7) is 6.37. The third kappa shape index (κ3) is 3.24. The summed E-state index contributed by atoms with van der Waals surface area (Å²) in [4.78, 5) is 14.2. The van der Waals surface area contributed by atoms with Crippen molar-refractivity contribution in [2.24, 2.45) is 11.7 Å². The van der Waals surface area contributed by atoms with Crippen molar-refractivity contribution in [2.75, 3.05) is 19.6 Å². The Labute approximate surface area is 115 Å². The van der Waals surface area contributed by atoms with Crippen LogP contribution in [0.15, 0.2) is 18.2 Å². The molecule has 2 N–H and O–H groups in total. The first-order valence-corrected chi connectivity index (χ1v) is 6.18. The molecular weight excluding hydrogens is 248 g/mol. The fraction of sp³-hybridized carbons (Fsp3) is 0.500. The number of benzene rings is 1. The molecule has 0 spiro atoms. The lowest BCUT2D eigenvalue weighted by Crippen LogP contribution is -2.29. The molecule has 0 saturated carbocycles. The lowest BCUT2D eigenvalue weighted by atomic mass is 10.1. The number of carbonyl (C=O) groups is 1. The molecule has 1 saturated heterocycles. The van der Waals surface area contributed by atoms with Crippen molar-refractivity contribution < 1.29 is 4.79 Å². The van der Waals surface area contributed by atoms with E-state index >= 15 is 0 Å². The monoisotopic (exact) mass is 268 g/mol. The summed E-state index contributed by atoms with van der Waals surface area (Å²) in [7, 11) is 0. The molecule has 1 heterocycles. The summed E-state index contributed by atoms with van der Waals surface area (Å²) < 4.78 is 0. The zero-order chi connectivity index (χ0) is 12.4. The summed E-state index contributed by atoms with van der Waals surface area (Å²) >= 11 is 0. The summed E-state index contributed by atoms with van der Waals surface area (Å²) in [6, 6.07) is 6.01. The molecule has 0 aliphatic carbocycles.